The van der Waals surface area contributed by atoms with E-state index in [1.807, 2.05) is 0 Å². The van der Waals surface area contributed by atoms with Crippen LogP contribution in [-0.2, 0) is 11.2 Å². The molecule has 2 aromatic carbocycles. The molecule has 0 aliphatic heterocycles. The zero-order valence-electron chi connectivity index (χ0n) is 11.5. The van der Waals surface area contributed by atoms with Gasteiger partial charge in [0.25, 0.3) is 0 Å². The van der Waals surface area contributed by atoms with E-state index in [2.05, 4.69) is 0 Å². The minimum atomic E-state index is -0.554. The van der Waals surface area contributed by atoms with Crippen LogP contribution in [0.4, 0.5) is 4.39 Å². The van der Waals surface area contributed by atoms with Gasteiger partial charge in [0.15, 0.2) is 0 Å². The molecule has 0 bridgehead atoms. The van der Waals surface area contributed by atoms with Gasteiger partial charge in [-0.1, -0.05) is 35.9 Å². The van der Waals surface area contributed by atoms with Crippen molar-refractivity contribution in [3.63, 3.8) is 0 Å². The second kappa shape index (κ2) is 6.70. The van der Waals surface area contributed by atoms with Gasteiger partial charge in [0, 0.05) is 0 Å². The summed E-state index contributed by atoms with van der Waals surface area (Å²) in [5.74, 6) is -0.907. The van der Waals surface area contributed by atoms with E-state index in [1.165, 1.54) is 13.2 Å². The monoisotopic (exact) mass is 307 g/mol. The summed E-state index contributed by atoms with van der Waals surface area (Å²) in [4.78, 5) is 11.9. The number of methoxy groups -OCH3 is 1. The molecular formula is C16H15ClFNO2. The van der Waals surface area contributed by atoms with E-state index < -0.39 is 5.97 Å². The molecular weight excluding hydrogens is 293 g/mol. The first-order valence-corrected chi connectivity index (χ1v) is 6.82. The van der Waals surface area contributed by atoms with Gasteiger partial charge in [-0.15, -0.1) is 0 Å². The number of rotatable bonds is 4. The summed E-state index contributed by atoms with van der Waals surface area (Å²) in [5, 5.41) is 0.269. The summed E-state index contributed by atoms with van der Waals surface area (Å²) < 4.78 is 18.8. The molecule has 3 nitrogen and oxygen atoms in total. The summed E-state index contributed by atoms with van der Waals surface area (Å²) >= 11 is 6.06. The van der Waals surface area contributed by atoms with Gasteiger partial charge >= 0.3 is 5.97 Å². The van der Waals surface area contributed by atoms with Crippen LogP contribution in [0.5, 0.6) is 0 Å². The molecule has 0 aliphatic carbocycles. The van der Waals surface area contributed by atoms with Crippen molar-refractivity contribution < 1.29 is 13.9 Å². The summed E-state index contributed by atoms with van der Waals surface area (Å²) in [6.07, 6.45) is 0.464. The predicted octanol–water partition coefficient (Wildman–Crippen LogP) is 3.43. The van der Waals surface area contributed by atoms with Crippen molar-refractivity contribution in [3.05, 3.63) is 58.4 Å². The summed E-state index contributed by atoms with van der Waals surface area (Å²) in [7, 11) is 1.28. The van der Waals surface area contributed by atoms with Gasteiger partial charge in [0.05, 0.1) is 17.7 Å². The van der Waals surface area contributed by atoms with Crippen LogP contribution in [0.1, 0.15) is 15.9 Å². The number of nitrogens with two attached hydrogens (primary N) is 1. The minimum absolute atomic E-state index is 0.229. The topological polar surface area (TPSA) is 52.3 Å². The summed E-state index contributed by atoms with van der Waals surface area (Å²) in [5.41, 5.74) is 7.31. The molecule has 0 saturated carbocycles. The standard InChI is InChI=1S/C16H15ClFNO2/c1-21-16(20)15-12(3-2-4-13(15)17)11-6-5-10(7-8-19)14(18)9-11/h2-6,9H,7-8,19H2,1H3. The molecule has 0 unspecified atom stereocenters. The molecule has 0 saturated heterocycles. The highest BCUT2D eigenvalue weighted by molar-refractivity contribution is 6.34. The Balaban J connectivity index is 2.54. The molecule has 110 valence electrons. The Labute approximate surface area is 127 Å². The Morgan fingerprint density at radius 2 is 2.10 bits per heavy atom. The molecule has 0 radical (unpaired) electrons. The summed E-state index contributed by atoms with van der Waals surface area (Å²) in [6.45, 7) is 0.376. The first-order valence-electron chi connectivity index (χ1n) is 6.44. The molecule has 0 aliphatic rings. The van der Waals surface area contributed by atoms with Gasteiger partial charge in [0.2, 0.25) is 0 Å². The van der Waals surface area contributed by atoms with E-state index in [0.717, 1.165) is 0 Å². The van der Waals surface area contributed by atoms with Gasteiger partial charge in [-0.2, -0.15) is 0 Å². The van der Waals surface area contributed by atoms with Gasteiger partial charge in [-0.3, -0.25) is 0 Å². The van der Waals surface area contributed by atoms with E-state index >= 15 is 0 Å². The van der Waals surface area contributed by atoms with Crippen molar-refractivity contribution in [3.8, 4) is 11.1 Å². The molecule has 0 heterocycles. The van der Waals surface area contributed by atoms with Crippen molar-refractivity contribution in [1.29, 1.82) is 0 Å². The smallest absolute Gasteiger partial charge is 0.340 e. The van der Waals surface area contributed by atoms with Gasteiger partial charge in [0.1, 0.15) is 5.82 Å². The van der Waals surface area contributed by atoms with Crippen molar-refractivity contribution in [2.24, 2.45) is 5.73 Å². The number of halogens is 2. The second-order valence-electron chi connectivity index (χ2n) is 4.50. The first kappa shape index (κ1) is 15.5. The molecule has 2 aromatic rings. The fraction of sp³-hybridized carbons (Fsp3) is 0.188. The van der Waals surface area contributed by atoms with Crippen molar-refractivity contribution >= 4 is 17.6 Å². The van der Waals surface area contributed by atoms with Crippen molar-refractivity contribution in [1.82, 2.24) is 0 Å². The normalized spacial score (nSPS) is 10.5. The van der Waals surface area contributed by atoms with Crippen LogP contribution in [0.15, 0.2) is 36.4 Å². The molecule has 0 spiro atoms. The highest BCUT2D eigenvalue weighted by Gasteiger charge is 2.17. The summed E-state index contributed by atoms with van der Waals surface area (Å²) in [6, 6.07) is 9.79. The second-order valence-corrected chi connectivity index (χ2v) is 4.91. The Hall–Kier alpha value is -1.91. The number of esters is 1. The number of carbonyl (C=O) groups is 1. The zero-order chi connectivity index (χ0) is 15.4. The van der Waals surface area contributed by atoms with E-state index in [4.69, 9.17) is 22.1 Å². The molecule has 0 amide bonds. The number of carbonyl (C=O) groups excluding carboxylic acids is 1. The largest absolute Gasteiger partial charge is 0.465 e. The Morgan fingerprint density at radius 3 is 2.71 bits per heavy atom. The maximum Gasteiger partial charge on any atom is 0.340 e. The van der Waals surface area contributed by atoms with E-state index in [9.17, 15) is 9.18 Å². The maximum absolute atomic E-state index is 14.0. The van der Waals surface area contributed by atoms with Gasteiger partial charge in [-0.25, -0.2) is 9.18 Å². The zero-order valence-corrected chi connectivity index (χ0v) is 12.3. The van der Waals surface area contributed by atoms with Crippen molar-refractivity contribution in [2.45, 2.75) is 6.42 Å². The van der Waals surface area contributed by atoms with Gasteiger partial charge in [-0.05, 0) is 41.8 Å². The third-order valence-corrected chi connectivity index (χ3v) is 3.50. The molecule has 2 rings (SSSR count). The van der Waals surface area contributed by atoms with E-state index in [-0.39, 0.29) is 16.4 Å². The van der Waals surface area contributed by atoms with Crippen LogP contribution in [0.25, 0.3) is 11.1 Å². The lowest BCUT2D eigenvalue weighted by molar-refractivity contribution is 0.0602. The lowest BCUT2D eigenvalue weighted by Crippen LogP contribution is -2.06. The third-order valence-electron chi connectivity index (χ3n) is 3.18. The van der Waals surface area contributed by atoms with Crippen LogP contribution in [-0.4, -0.2) is 19.6 Å². The Kier molecular flexibility index (Phi) is 4.94. The molecule has 0 atom stereocenters. The van der Waals surface area contributed by atoms with Gasteiger partial charge < -0.3 is 10.5 Å². The number of ether oxygens (including phenoxy) is 1. The fourth-order valence-electron chi connectivity index (χ4n) is 2.15. The molecule has 21 heavy (non-hydrogen) atoms. The quantitative estimate of drug-likeness (QED) is 0.880. The molecule has 0 aromatic heterocycles. The SMILES string of the molecule is COC(=O)c1c(Cl)cccc1-c1ccc(CCN)c(F)c1. The van der Waals surface area contributed by atoms with Crippen molar-refractivity contribution in [2.75, 3.05) is 13.7 Å². The van der Waals surface area contributed by atoms with Crippen LogP contribution >= 0.6 is 11.6 Å². The average Bonchev–Trinajstić information content (AvgIpc) is 2.48. The van der Waals surface area contributed by atoms with Crippen LogP contribution in [0.3, 0.4) is 0 Å². The van der Waals surface area contributed by atoms with Crippen LogP contribution in [0.2, 0.25) is 5.02 Å². The molecule has 5 heteroatoms. The highest BCUT2D eigenvalue weighted by atomic mass is 35.5. The fourth-order valence-corrected chi connectivity index (χ4v) is 2.40. The molecule has 0 fully saturated rings. The highest BCUT2D eigenvalue weighted by Crippen LogP contribution is 2.30. The number of hydrogen-bond acceptors (Lipinski definition) is 3. The third kappa shape index (κ3) is 3.23. The Morgan fingerprint density at radius 1 is 1.33 bits per heavy atom. The van der Waals surface area contributed by atoms with E-state index in [1.54, 1.807) is 30.3 Å². The van der Waals surface area contributed by atoms with Crippen LogP contribution in [0, 0.1) is 5.82 Å². The predicted molar refractivity (Wildman–Crippen MR) is 80.9 cm³/mol. The van der Waals surface area contributed by atoms with E-state index in [0.29, 0.717) is 29.7 Å². The number of hydrogen-bond donors (Lipinski definition) is 1. The number of benzene rings is 2. The minimum Gasteiger partial charge on any atom is -0.465 e. The molecule has 2 N–H and O–H groups in total. The maximum atomic E-state index is 14.0. The first-order chi connectivity index (χ1) is 10.1. The lowest BCUT2D eigenvalue weighted by atomic mass is 9.97. The average molecular weight is 308 g/mol. The Bertz CT molecular complexity index is 673. The lowest BCUT2D eigenvalue weighted by Gasteiger charge is -2.11. The van der Waals surface area contributed by atoms with Crippen LogP contribution < -0.4 is 5.73 Å².